The van der Waals surface area contributed by atoms with Gasteiger partial charge in [-0.25, -0.2) is 9.37 Å². The highest BCUT2D eigenvalue weighted by molar-refractivity contribution is 5.85. The Bertz CT molecular complexity index is 786. The van der Waals surface area contributed by atoms with E-state index in [4.69, 9.17) is 0 Å². The number of benzene rings is 2. The lowest BCUT2D eigenvalue weighted by Gasteiger charge is -2.08. The standard InChI is InChI=1S/C18H16FN/c1-11-7-12(2)9-14(8-11)17-10-15(19)18-13(3)5-4-6-16(18)20-17/h4-10H,1-3H3. The molecule has 0 unspecified atom stereocenters. The molecule has 0 aliphatic heterocycles. The maximum Gasteiger partial charge on any atom is 0.135 e. The molecule has 0 aliphatic rings. The number of halogens is 1. The summed E-state index contributed by atoms with van der Waals surface area (Å²) in [6.45, 7) is 5.99. The molecule has 0 bridgehead atoms. The highest BCUT2D eigenvalue weighted by Gasteiger charge is 2.09. The Balaban J connectivity index is 2.27. The fraction of sp³-hybridized carbons (Fsp3) is 0.167. The van der Waals surface area contributed by atoms with Crippen molar-refractivity contribution in [1.29, 1.82) is 0 Å². The monoisotopic (exact) mass is 265 g/mol. The molecule has 0 radical (unpaired) electrons. The van der Waals surface area contributed by atoms with Crippen molar-refractivity contribution in [2.24, 2.45) is 0 Å². The lowest BCUT2D eigenvalue weighted by Crippen LogP contribution is -1.92. The molecule has 2 heteroatoms. The summed E-state index contributed by atoms with van der Waals surface area (Å²) in [5, 5.41) is 0.612. The molecule has 0 spiro atoms. The van der Waals surface area contributed by atoms with Gasteiger partial charge in [-0.2, -0.15) is 0 Å². The number of hydrogen-bond acceptors (Lipinski definition) is 1. The largest absolute Gasteiger partial charge is 0.248 e. The maximum absolute atomic E-state index is 14.4. The van der Waals surface area contributed by atoms with Crippen molar-refractivity contribution < 1.29 is 4.39 Å². The molecule has 3 rings (SSSR count). The van der Waals surface area contributed by atoms with Gasteiger partial charge in [-0.3, -0.25) is 0 Å². The molecule has 0 atom stereocenters. The molecule has 0 N–H and O–H groups in total. The molecular weight excluding hydrogens is 249 g/mol. The van der Waals surface area contributed by atoms with Gasteiger partial charge in [0.15, 0.2) is 0 Å². The van der Waals surface area contributed by atoms with Gasteiger partial charge in [0.25, 0.3) is 0 Å². The Kier molecular flexibility index (Phi) is 3.01. The van der Waals surface area contributed by atoms with Crippen LogP contribution in [0.2, 0.25) is 0 Å². The van der Waals surface area contributed by atoms with Crippen LogP contribution in [0.25, 0.3) is 22.2 Å². The molecule has 3 aromatic rings. The average molecular weight is 265 g/mol. The number of rotatable bonds is 1. The van der Waals surface area contributed by atoms with E-state index < -0.39 is 0 Å². The number of aromatic nitrogens is 1. The molecule has 1 heterocycles. The molecular formula is C18H16FN. The minimum Gasteiger partial charge on any atom is -0.248 e. The minimum absolute atomic E-state index is 0.206. The minimum atomic E-state index is -0.206. The van der Waals surface area contributed by atoms with E-state index in [9.17, 15) is 4.39 Å². The summed E-state index contributed by atoms with van der Waals surface area (Å²) in [5.41, 5.74) is 5.59. The molecule has 20 heavy (non-hydrogen) atoms. The van der Waals surface area contributed by atoms with Crippen LogP contribution in [0.15, 0.2) is 42.5 Å². The Morgan fingerprint density at radius 1 is 0.900 bits per heavy atom. The zero-order valence-electron chi connectivity index (χ0n) is 11.9. The average Bonchev–Trinajstić information content (AvgIpc) is 2.37. The quantitative estimate of drug-likeness (QED) is 0.605. The molecule has 1 aromatic heterocycles. The molecule has 0 amide bonds. The zero-order valence-corrected chi connectivity index (χ0v) is 11.9. The normalized spacial score (nSPS) is 11.0. The summed E-state index contributed by atoms with van der Waals surface area (Å²) in [7, 11) is 0. The number of aryl methyl sites for hydroxylation is 3. The predicted octanol–water partition coefficient (Wildman–Crippen LogP) is 4.97. The van der Waals surface area contributed by atoms with Crippen LogP contribution in [0.3, 0.4) is 0 Å². The first kappa shape index (κ1) is 12.8. The van der Waals surface area contributed by atoms with E-state index in [2.05, 4.69) is 11.1 Å². The number of nitrogens with zero attached hydrogens (tertiary/aromatic N) is 1. The van der Waals surface area contributed by atoms with Gasteiger partial charge in [0.2, 0.25) is 0 Å². The van der Waals surface area contributed by atoms with E-state index in [0.717, 1.165) is 22.3 Å². The topological polar surface area (TPSA) is 12.9 Å². The highest BCUT2D eigenvalue weighted by Crippen LogP contribution is 2.27. The van der Waals surface area contributed by atoms with Crippen molar-refractivity contribution >= 4 is 10.9 Å². The Morgan fingerprint density at radius 3 is 2.30 bits per heavy atom. The first-order chi connectivity index (χ1) is 9.54. The fourth-order valence-corrected chi connectivity index (χ4v) is 2.68. The number of pyridine rings is 1. The van der Waals surface area contributed by atoms with Gasteiger partial charge in [-0.1, -0.05) is 29.3 Å². The van der Waals surface area contributed by atoms with E-state index >= 15 is 0 Å². The van der Waals surface area contributed by atoms with Crippen LogP contribution in [0.5, 0.6) is 0 Å². The van der Waals surface area contributed by atoms with Crippen molar-refractivity contribution in [1.82, 2.24) is 4.98 Å². The lowest BCUT2D eigenvalue weighted by atomic mass is 10.0. The second kappa shape index (κ2) is 4.71. The van der Waals surface area contributed by atoms with Crippen molar-refractivity contribution in [2.45, 2.75) is 20.8 Å². The summed E-state index contributed by atoms with van der Waals surface area (Å²) < 4.78 is 14.4. The third-order valence-corrected chi connectivity index (χ3v) is 3.51. The highest BCUT2D eigenvalue weighted by atomic mass is 19.1. The van der Waals surface area contributed by atoms with E-state index in [1.807, 2.05) is 51.1 Å². The van der Waals surface area contributed by atoms with E-state index in [1.54, 1.807) is 0 Å². The van der Waals surface area contributed by atoms with E-state index in [-0.39, 0.29) is 5.82 Å². The second-order valence-corrected chi connectivity index (χ2v) is 5.33. The van der Waals surface area contributed by atoms with Gasteiger partial charge in [-0.15, -0.1) is 0 Å². The lowest BCUT2D eigenvalue weighted by molar-refractivity contribution is 0.638. The first-order valence-corrected chi connectivity index (χ1v) is 6.69. The number of fused-ring (bicyclic) bond motifs is 1. The van der Waals surface area contributed by atoms with Crippen molar-refractivity contribution in [3.63, 3.8) is 0 Å². The summed E-state index contributed by atoms with van der Waals surface area (Å²) in [6, 6.07) is 13.4. The molecule has 0 aliphatic carbocycles. The van der Waals surface area contributed by atoms with Gasteiger partial charge in [0, 0.05) is 17.0 Å². The Labute approximate surface area is 118 Å². The van der Waals surface area contributed by atoms with Gasteiger partial charge in [-0.05, 0) is 44.5 Å². The molecule has 1 nitrogen and oxygen atoms in total. The summed E-state index contributed by atoms with van der Waals surface area (Å²) in [5.74, 6) is -0.206. The van der Waals surface area contributed by atoms with Crippen LogP contribution in [-0.4, -0.2) is 4.98 Å². The van der Waals surface area contributed by atoms with Gasteiger partial charge in [0.05, 0.1) is 11.2 Å². The van der Waals surface area contributed by atoms with Gasteiger partial charge >= 0.3 is 0 Å². The number of hydrogen-bond donors (Lipinski definition) is 0. The second-order valence-electron chi connectivity index (χ2n) is 5.33. The van der Waals surface area contributed by atoms with E-state index in [1.165, 1.54) is 6.07 Å². The maximum atomic E-state index is 14.4. The molecule has 100 valence electrons. The molecule has 0 saturated heterocycles. The third kappa shape index (κ3) is 2.18. The summed E-state index contributed by atoms with van der Waals surface area (Å²) in [4.78, 5) is 4.61. The predicted molar refractivity (Wildman–Crippen MR) is 81.3 cm³/mol. The zero-order chi connectivity index (χ0) is 14.3. The summed E-state index contributed by atoms with van der Waals surface area (Å²) in [6.07, 6.45) is 0. The Morgan fingerprint density at radius 2 is 1.60 bits per heavy atom. The van der Waals surface area contributed by atoms with Crippen LogP contribution in [0.1, 0.15) is 16.7 Å². The van der Waals surface area contributed by atoms with Crippen LogP contribution >= 0.6 is 0 Å². The van der Waals surface area contributed by atoms with Crippen LogP contribution in [-0.2, 0) is 0 Å². The fourth-order valence-electron chi connectivity index (χ4n) is 2.68. The molecule has 0 saturated carbocycles. The van der Waals surface area contributed by atoms with E-state index in [0.29, 0.717) is 16.6 Å². The molecule has 0 fully saturated rings. The van der Waals surface area contributed by atoms with Gasteiger partial charge < -0.3 is 0 Å². The van der Waals surface area contributed by atoms with Crippen molar-refractivity contribution in [3.8, 4) is 11.3 Å². The van der Waals surface area contributed by atoms with Crippen LogP contribution < -0.4 is 0 Å². The third-order valence-electron chi connectivity index (χ3n) is 3.51. The molecule has 2 aromatic carbocycles. The van der Waals surface area contributed by atoms with Gasteiger partial charge in [0.1, 0.15) is 5.82 Å². The SMILES string of the molecule is Cc1cc(C)cc(-c2cc(F)c3c(C)cccc3n2)c1. The summed E-state index contributed by atoms with van der Waals surface area (Å²) >= 11 is 0. The first-order valence-electron chi connectivity index (χ1n) is 6.69. The van der Waals surface area contributed by atoms with Crippen molar-refractivity contribution in [3.05, 3.63) is 65.0 Å². The van der Waals surface area contributed by atoms with Crippen molar-refractivity contribution in [2.75, 3.05) is 0 Å². The van der Waals surface area contributed by atoms with Crippen LogP contribution in [0, 0.1) is 26.6 Å². The Hall–Kier alpha value is -2.22. The van der Waals surface area contributed by atoms with Crippen LogP contribution in [0.4, 0.5) is 4.39 Å². The smallest absolute Gasteiger partial charge is 0.135 e.